The lowest BCUT2D eigenvalue weighted by molar-refractivity contribution is 0.601. The van der Waals surface area contributed by atoms with Crippen LogP contribution in [-0.4, -0.2) is 18.4 Å². The molecule has 0 amide bonds. The fourth-order valence-corrected chi connectivity index (χ4v) is 3.82. The van der Waals surface area contributed by atoms with Gasteiger partial charge in [0.25, 0.3) is 10.0 Å². The van der Waals surface area contributed by atoms with Crippen molar-refractivity contribution >= 4 is 39.0 Å². The zero-order valence-corrected chi connectivity index (χ0v) is 16.1. The number of benzene rings is 2. The summed E-state index contributed by atoms with van der Waals surface area (Å²) in [7, 11) is -3.80. The molecule has 0 unspecified atom stereocenters. The Labute approximate surface area is 162 Å². The maximum atomic E-state index is 12.7. The van der Waals surface area contributed by atoms with Crippen LogP contribution < -0.4 is 4.72 Å². The van der Waals surface area contributed by atoms with Gasteiger partial charge in [0, 0.05) is 17.0 Å². The fraction of sp³-hybridized carbons (Fsp3) is 0.111. The van der Waals surface area contributed by atoms with Gasteiger partial charge in [-0.1, -0.05) is 59.1 Å². The lowest BCUT2D eigenvalue weighted by Gasteiger charge is -2.13. The third kappa shape index (κ3) is 4.15. The highest BCUT2D eigenvalue weighted by molar-refractivity contribution is 7.92. The van der Waals surface area contributed by atoms with E-state index in [0.29, 0.717) is 17.0 Å². The molecule has 0 spiro atoms. The number of rotatable bonds is 5. The van der Waals surface area contributed by atoms with Gasteiger partial charge in [0.2, 0.25) is 0 Å². The van der Waals surface area contributed by atoms with Crippen LogP contribution in [0.25, 0.3) is 0 Å². The molecule has 0 aliphatic rings. The highest BCUT2D eigenvalue weighted by atomic mass is 35.5. The minimum absolute atomic E-state index is 0.130. The summed E-state index contributed by atoms with van der Waals surface area (Å²) in [5.74, 6) is 0.130. The standard InChI is InChI=1S/C18H15Cl2N3O2S/c1-12-6-8-14(9-7-12)26(24,25)23-18-15(17(20)21-11-22-18)10-13-4-2-3-5-16(13)19/h2-9,11H,10H2,1H3,(H,21,22,23). The molecule has 0 saturated heterocycles. The summed E-state index contributed by atoms with van der Waals surface area (Å²) < 4.78 is 27.8. The number of hydrogen-bond donors (Lipinski definition) is 1. The number of aromatic nitrogens is 2. The Morgan fingerprint density at radius 3 is 2.38 bits per heavy atom. The monoisotopic (exact) mass is 407 g/mol. The minimum Gasteiger partial charge on any atom is -0.263 e. The normalized spacial score (nSPS) is 11.3. The van der Waals surface area contributed by atoms with Gasteiger partial charge in [-0.3, -0.25) is 4.72 Å². The van der Waals surface area contributed by atoms with Crippen molar-refractivity contribution in [1.82, 2.24) is 9.97 Å². The second kappa shape index (κ2) is 7.61. The average Bonchev–Trinajstić information content (AvgIpc) is 2.60. The Bertz CT molecular complexity index is 1040. The first-order valence-electron chi connectivity index (χ1n) is 7.69. The molecule has 0 bridgehead atoms. The van der Waals surface area contributed by atoms with Gasteiger partial charge in [0.05, 0.1) is 4.90 Å². The number of nitrogens with one attached hydrogen (secondary N) is 1. The lowest BCUT2D eigenvalue weighted by Crippen LogP contribution is -2.16. The van der Waals surface area contributed by atoms with Gasteiger partial charge < -0.3 is 0 Å². The molecule has 3 aromatic rings. The Morgan fingerprint density at radius 1 is 1.00 bits per heavy atom. The summed E-state index contributed by atoms with van der Waals surface area (Å²) in [5, 5.41) is 0.723. The average molecular weight is 408 g/mol. The maximum Gasteiger partial charge on any atom is 0.263 e. The zero-order valence-electron chi connectivity index (χ0n) is 13.8. The van der Waals surface area contributed by atoms with Crippen molar-refractivity contribution in [3.05, 3.63) is 81.7 Å². The first-order valence-corrected chi connectivity index (χ1v) is 9.93. The summed E-state index contributed by atoms with van der Waals surface area (Å²) in [6, 6.07) is 13.8. The van der Waals surface area contributed by atoms with E-state index in [1.54, 1.807) is 18.2 Å². The van der Waals surface area contributed by atoms with Crippen molar-refractivity contribution in [1.29, 1.82) is 0 Å². The quantitative estimate of drug-likeness (QED) is 0.632. The molecule has 0 saturated carbocycles. The number of nitrogens with zero attached hydrogens (tertiary/aromatic N) is 2. The molecule has 1 N–H and O–H groups in total. The molecule has 0 radical (unpaired) electrons. The van der Waals surface area contributed by atoms with Crippen molar-refractivity contribution in [3.8, 4) is 0 Å². The van der Waals surface area contributed by atoms with Crippen LogP contribution in [0, 0.1) is 6.92 Å². The van der Waals surface area contributed by atoms with E-state index in [4.69, 9.17) is 23.2 Å². The van der Waals surface area contributed by atoms with Crippen molar-refractivity contribution in [3.63, 3.8) is 0 Å². The van der Waals surface area contributed by atoms with Crippen LogP contribution in [0.2, 0.25) is 10.2 Å². The number of aryl methyl sites for hydroxylation is 1. The molecular formula is C18H15Cl2N3O2S. The van der Waals surface area contributed by atoms with Crippen molar-refractivity contribution in [2.24, 2.45) is 0 Å². The van der Waals surface area contributed by atoms with E-state index in [9.17, 15) is 8.42 Å². The topological polar surface area (TPSA) is 72.0 Å². The summed E-state index contributed by atoms with van der Waals surface area (Å²) in [4.78, 5) is 8.16. The molecule has 134 valence electrons. The van der Waals surface area contributed by atoms with Crippen LogP contribution in [0.3, 0.4) is 0 Å². The van der Waals surface area contributed by atoms with Crippen molar-refractivity contribution < 1.29 is 8.42 Å². The summed E-state index contributed by atoms with van der Waals surface area (Å²) >= 11 is 12.4. The van der Waals surface area contributed by atoms with E-state index in [1.165, 1.54) is 18.5 Å². The molecule has 26 heavy (non-hydrogen) atoms. The Balaban J connectivity index is 1.97. The highest BCUT2D eigenvalue weighted by Gasteiger charge is 2.19. The number of hydrogen-bond acceptors (Lipinski definition) is 4. The fourth-order valence-electron chi connectivity index (χ4n) is 2.37. The SMILES string of the molecule is Cc1ccc(S(=O)(=O)Nc2ncnc(Cl)c2Cc2ccccc2Cl)cc1. The summed E-state index contributed by atoms with van der Waals surface area (Å²) in [5.41, 5.74) is 2.22. The summed E-state index contributed by atoms with van der Waals surface area (Å²) in [6.07, 6.45) is 1.51. The number of halogens is 2. The van der Waals surface area contributed by atoms with E-state index in [2.05, 4.69) is 14.7 Å². The Morgan fingerprint density at radius 2 is 1.69 bits per heavy atom. The van der Waals surface area contributed by atoms with E-state index in [-0.39, 0.29) is 15.9 Å². The molecule has 2 aromatic carbocycles. The zero-order chi connectivity index (χ0) is 18.7. The van der Waals surface area contributed by atoms with E-state index in [1.807, 2.05) is 25.1 Å². The third-order valence-electron chi connectivity index (χ3n) is 3.78. The second-order valence-electron chi connectivity index (χ2n) is 5.68. The Hall–Kier alpha value is -2.15. The molecule has 8 heteroatoms. The number of anilines is 1. The van der Waals surface area contributed by atoms with Gasteiger partial charge >= 0.3 is 0 Å². The highest BCUT2D eigenvalue weighted by Crippen LogP contribution is 2.28. The van der Waals surface area contributed by atoms with Crippen molar-refractivity contribution in [2.75, 3.05) is 4.72 Å². The minimum atomic E-state index is -3.80. The predicted octanol–water partition coefficient (Wildman–Crippen LogP) is 4.48. The van der Waals surface area contributed by atoms with Crippen LogP contribution >= 0.6 is 23.2 Å². The van der Waals surface area contributed by atoms with Crippen molar-refractivity contribution in [2.45, 2.75) is 18.2 Å². The van der Waals surface area contributed by atoms with Gasteiger partial charge in [-0.05, 0) is 30.7 Å². The third-order valence-corrected chi connectivity index (χ3v) is 5.83. The molecule has 0 atom stereocenters. The van der Waals surface area contributed by atoms with E-state index < -0.39 is 10.0 Å². The van der Waals surface area contributed by atoms with Crippen LogP contribution in [-0.2, 0) is 16.4 Å². The van der Waals surface area contributed by atoms with Gasteiger partial charge in [0.1, 0.15) is 17.3 Å². The lowest BCUT2D eigenvalue weighted by atomic mass is 10.1. The molecule has 1 heterocycles. The van der Waals surface area contributed by atoms with Crippen LogP contribution in [0.5, 0.6) is 0 Å². The van der Waals surface area contributed by atoms with Crippen LogP contribution in [0.15, 0.2) is 59.8 Å². The number of sulfonamides is 1. The smallest absolute Gasteiger partial charge is 0.263 e. The van der Waals surface area contributed by atoms with Crippen LogP contribution in [0.4, 0.5) is 5.82 Å². The molecule has 1 aromatic heterocycles. The van der Waals surface area contributed by atoms with Gasteiger partial charge in [-0.2, -0.15) is 0 Å². The molecular weight excluding hydrogens is 393 g/mol. The van der Waals surface area contributed by atoms with Gasteiger partial charge in [-0.25, -0.2) is 18.4 Å². The maximum absolute atomic E-state index is 12.7. The first-order chi connectivity index (χ1) is 12.4. The molecule has 0 aliphatic carbocycles. The van der Waals surface area contributed by atoms with E-state index >= 15 is 0 Å². The van der Waals surface area contributed by atoms with E-state index in [0.717, 1.165) is 11.1 Å². The van der Waals surface area contributed by atoms with Gasteiger partial charge in [0.15, 0.2) is 0 Å². The molecule has 3 rings (SSSR count). The largest absolute Gasteiger partial charge is 0.263 e. The summed E-state index contributed by atoms with van der Waals surface area (Å²) in [6.45, 7) is 1.88. The molecule has 0 aliphatic heterocycles. The Kier molecular flexibility index (Phi) is 5.46. The predicted molar refractivity (Wildman–Crippen MR) is 103 cm³/mol. The first kappa shape index (κ1) is 18.6. The molecule has 5 nitrogen and oxygen atoms in total. The second-order valence-corrected chi connectivity index (χ2v) is 8.13. The van der Waals surface area contributed by atoms with Gasteiger partial charge in [-0.15, -0.1) is 0 Å². The molecule has 0 fully saturated rings. The van der Waals surface area contributed by atoms with Crippen LogP contribution in [0.1, 0.15) is 16.7 Å².